The van der Waals surface area contributed by atoms with Gasteiger partial charge in [-0.3, -0.25) is 4.18 Å². The SMILES string of the molecule is C1C2CC3CC1CC(C2)C31OS1. The first-order valence-electron chi connectivity index (χ1n) is 5.23. The van der Waals surface area contributed by atoms with Crippen LogP contribution >= 0.6 is 12.0 Å². The van der Waals surface area contributed by atoms with E-state index in [9.17, 15) is 0 Å². The molecule has 4 aliphatic carbocycles. The molecule has 5 aliphatic rings. The first-order chi connectivity index (χ1) is 5.87. The molecule has 1 saturated heterocycles. The highest BCUT2D eigenvalue weighted by atomic mass is 32.2. The van der Waals surface area contributed by atoms with Gasteiger partial charge in [-0.25, -0.2) is 0 Å². The summed E-state index contributed by atoms with van der Waals surface area (Å²) < 4.78 is 5.69. The zero-order valence-corrected chi connectivity index (χ0v) is 7.98. The van der Waals surface area contributed by atoms with E-state index in [0.29, 0.717) is 4.93 Å². The summed E-state index contributed by atoms with van der Waals surface area (Å²) in [7, 11) is 0. The molecule has 0 N–H and O–H groups in total. The van der Waals surface area contributed by atoms with Gasteiger partial charge in [0.25, 0.3) is 0 Å². The van der Waals surface area contributed by atoms with Crippen molar-refractivity contribution in [3.63, 3.8) is 0 Å². The van der Waals surface area contributed by atoms with E-state index in [-0.39, 0.29) is 0 Å². The van der Waals surface area contributed by atoms with Crippen molar-refractivity contribution < 1.29 is 4.18 Å². The lowest BCUT2D eigenvalue weighted by Gasteiger charge is -2.52. The minimum absolute atomic E-state index is 0.368. The van der Waals surface area contributed by atoms with Gasteiger partial charge in [0.05, 0.1) is 0 Å². The van der Waals surface area contributed by atoms with E-state index in [1.165, 1.54) is 25.7 Å². The summed E-state index contributed by atoms with van der Waals surface area (Å²) in [5.74, 6) is 4.06. The van der Waals surface area contributed by atoms with E-state index in [4.69, 9.17) is 4.18 Å². The van der Waals surface area contributed by atoms with Gasteiger partial charge in [0.15, 0.2) is 4.93 Å². The van der Waals surface area contributed by atoms with Crippen molar-refractivity contribution in [1.82, 2.24) is 0 Å². The van der Waals surface area contributed by atoms with Gasteiger partial charge in [0.1, 0.15) is 0 Å². The maximum absolute atomic E-state index is 5.69. The van der Waals surface area contributed by atoms with Crippen LogP contribution in [-0.2, 0) is 4.18 Å². The largest absolute Gasteiger partial charge is 0.292 e. The smallest absolute Gasteiger partial charge is 0.159 e. The molecule has 5 rings (SSSR count). The molecule has 0 radical (unpaired) electrons. The van der Waals surface area contributed by atoms with Crippen molar-refractivity contribution in [3.8, 4) is 0 Å². The summed E-state index contributed by atoms with van der Waals surface area (Å²) in [6.45, 7) is 0. The zero-order valence-electron chi connectivity index (χ0n) is 7.16. The van der Waals surface area contributed by atoms with Gasteiger partial charge in [-0.2, -0.15) is 0 Å². The monoisotopic (exact) mass is 182 g/mol. The van der Waals surface area contributed by atoms with Crippen LogP contribution in [0.5, 0.6) is 0 Å². The highest BCUT2D eigenvalue weighted by molar-refractivity contribution is 8.01. The van der Waals surface area contributed by atoms with Gasteiger partial charge in [0, 0.05) is 23.9 Å². The molecule has 5 fully saturated rings. The first kappa shape index (κ1) is 6.72. The molecule has 4 saturated carbocycles. The zero-order chi connectivity index (χ0) is 7.76. The minimum Gasteiger partial charge on any atom is -0.292 e. The lowest BCUT2D eigenvalue weighted by molar-refractivity contribution is -0.0547. The second-order valence-electron chi connectivity index (χ2n) is 5.19. The average molecular weight is 182 g/mol. The average Bonchev–Trinajstić information content (AvgIpc) is 2.79. The third-order valence-electron chi connectivity index (χ3n) is 4.55. The van der Waals surface area contributed by atoms with Crippen molar-refractivity contribution >= 4 is 12.0 Å². The molecule has 1 nitrogen and oxygen atoms in total. The topological polar surface area (TPSA) is 12.5 Å². The molecular weight excluding hydrogens is 168 g/mol. The molecule has 0 aromatic carbocycles. The van der Waals surface area contributed by atoms with Gasteiger partial charge in [0.2, 0.25) is 0 Å². The van der Waals surface area contributed by atoms with Crippen molar-refractivity contribution in [3.05, 3.63) is 0 Å². The maximum Gasteiger partial charge on any atom is 0.159 e. The summed E-state index contributed by atoms with van der Waals surface area (Å²) in [5, 5.41) is 0. The number of rotatable bonds is 0. The Morgan fingerprint density at radius 1 is 0.917 bits per heavy atom. The van der Waals surface area contributed by atoms with Crippen molar-refractivity contribution in [2.75, 3.05) is 0 Å². The van der Waals surface area contributed by atoms with Crippen molar-refractivity contribution in [2.24, 2.45) is 23.7 Å². The Morgan fingerprint density at radius 2 is 1.42 bits per heavy atom. The molecule has 1 heterocycles. The molecule has 12 heavy (non-hydrogen) atoms. The Morgan fingerprint density at radius 3 is 1.83 bits per heavy atom. The minimum atomic E-state index is 0.368. The quantitative estimate of drug-likeness (QED) is 0.422. The van der Waals surface area contributed by atoms with Crippen LogP contribution in [-0.4, -0.2) is 4.93 Å². The standard InChI is InChI=1S/C10H14OS/c1-6-2-8-4-7(1)5-9(3-6)10(8)11-12-10/h6-9H,1-5H2. The molecule has 0 amide bonds. The molecule has 4 bridgehead atoms. The molecule has 0 unspecified atom stereocenters. The normalized spacial score (nSPS) is 66.0. The van der Waals surface area contributed by atoms with Crippen LogP contribution < -0.4 is 0 Å². The summed E-state index contributed by atoms with van der Waals surface area (Å²) in [5.41, 5.74) is 0. The van der Waals surface area contributed by atoms with E-state index in [2.05, 4.69) is 0 Å². The lowest BCUT2D eigenvalue weighted by Crippen LogP contribution is -2.49. The molecular formula is C10H14OS. The molecule has 66 valence electrons. The molecule has 0 aromatic rings. The van der Waals surface area contributed by atoms with Crippen LogP contribution in [0.2, 0.25) is 0 Å². The number of hydrogen-bond donors (Lipinski definition) is 0. The fraction of sp³-hybridized carbons (Fsp3) is 1.00. The van der Waals surface area contributed by atoms with Gasteiger partial charge in [-0.1, -0.05) is 0 Å². The fourth-order valence-corrected chi connectivity index (χ4v) is 5.19. The van der Waals surface area contributed by atoms with Crippen LogP contribution in [0.4, 0.5) is 0 Å². The second-order valence-corrected chi connectivity index (χ2v) is 6.16. The molecule has 2 heteroatoms. The molecule has 0 atom stereocenters. The van der Waals surface area contributed by atoms with Gasteiger partial charge < -0.3 is 0 Å². The van der Waals surface area contributed by atoms with E-state index in [1.807, 2.05) is 0 Å². The highest BCUT2D eigenvalue weighted by Crippen LogP contribution is 2.71. The van der Waals surface area contributed by atoms with Crippen LogP contribution in [0.15, 0.2) is 0 Å². The highest BCUT2D eigenvalue weighted by Gasteiger charge is 2.66. The Labute approximate surface area is 77.4 Å². The molecule has 1 spiro atoms. The van der Waals surface area contributed by atoms with Gasteiger partial charge in [-0.15, -0.1) is 0 Å². The molecule has 1 aliphatic heterocycles. The van der Waals surface area contributed by atoms with E-state index in [1.54, 1.807) is 18.5 Å². The summed E-state index contributed by atoms with van der Waals surface area (Å²) in [6, 6.07) is 0. The predicted molar refractivity (Wildman–Crippen MR) is 48.5 cm³/mol. The van der Waals surface area contributed by atoms with Crippen LogP contribution in [0.25, 0.3) is 0 Å². The second kappa shape index (κ2) is 1.88. The lowest BCUT2D eigenvalue weighted by atomic mass is 9.55. The maximum atomic E-state index is 5.69. The van der Waals surface area contributed by atoms with Crippen LogP contribution in [0.3, 0.4) is 0 Å². The van der Waals surface area contributed by atoms with E-state index < -0.39 is 0 Å². The third kappa shape index (κ3) is 0.642. The summed E-state index contributed by atoms with van der Waals surface area (Å²) in [4.78, 5) is 0.368. The van der Waals surface area contributed by atoms with Crippen LogP contribution in [0.1, 0.15) is 32.1 Å². The van der Waals surface area contributed by atoms with Gasteiger partial charge in [-0.05, 0) is 43.9 Å². The Hall–Kier alpha value is 0.310. The van der Waals surface area contributed by atoms with Crippen molar-refractivity contribution in [2.45, 2.75) is 37.0 Å². The Balaban J connectivity index is 1.78. The Bertz CT molecular complexity index is 204. The van der Waals surface area contributed by atoms with E-state index in [0.717, 1.165) is 23.7 Å². The first-order valence-corrected chi connectivity index (χ1v) is 5.98. The van der Waals surface area contributed by atoms with E-state index >= 15 is 0 Å². The van der Waals surface area contributed by atoms with Crippen molar-refractivity contribution in [1.29, 1.82) is 0 Å². The summed E-state index contributed by atoms with van der Waals surface area (Å²) in [6.07, 6.45) is 7.49. The third-order valence-corrected chi connectivity index (χ3v) is 5.77. The fourth-order valence-electron chi connectivity index (χ4n) is 4.16. The predicted octanol–water partition coefficient (Wildman–Crippen LogP) is 2.82. The Kier molecular flexibility index (Phi) is 1.05. The number of hydrogen-bond acceptors (Lipinski definition) is 2. The van der Waals surface area contributed by atoms with Crippen LogP contribution in [0, 0.1) is 23.7 Å². The van der Waals surface area contributed by atoms with Gasteiger partial charge >= 0.3 is 0 Å². The molecule has 0 aromatic heterocycles. The summed E-state index contributed by atoms with van der Waals surface area (Å²) >= 11 is 1.81.